The molecule has 0 atom stereocenters. The number of aliphatic hydroxyl groups excluding tert-OH is 1. The second-order valence-electron chi connectivity index (χ2n) is 4.60. The van der Waals surface area contributed by atoms with E-state index in [2.05, 4.69) is 12.1 Å². The predicted octanol–water partition coefficient (Wildman–Crippen LogP) is 2.84. The molecule has 2 aromatic rings. The highest BCUT2D eigenvalue weighted by atomic mass is 16.5. The van der Waals surface area contributed by atoms with Crippen molar-refractivity contribution in [2.75, 3.05) is 0 Å². The SMILES string of the molecule is OCc1ccc(COc2ccc3c(c2)CCC3)o1. The molecule has 3 rings (SSSR count). The number of benzene rings is 1. The number of ether oxygens (including phenoxy) is 1. The van der Waals surface area contributed by atoms with E-state index in [1.807, 2.05) is 12.1 Å². The van der Waals surface area contributed by atoms with Gasteiger partial charge in [-0.2, -0.15) is 0 Å². The summed E-state index contributed by atoms with van der Waals surface area (Å²) in [6, 6.07) is 9.89. The van der Waals surface area contributed by atoms with Gasteiger partial charge < -0.3 is 14.3 Å². The fraction of sp³-hybridized carbons (Fsp3) is 0.333. The van der Waals surface area contributed by atoms with Crippen LogP contribution in [0.1, 0.15) is 29.1 Å². The zero-order chi connectivity index (χ0) is 12.4. The molecule has 0 saturated carbocycles. The average Bonchev–Trinajstić information content (AvgIpc) is 3.04. The van der Waals surface area contributed by atoms with Gasteiger partial charge in [-0.1, -0.05) is 6.07 Å². The van der Waals surface area contributed by atoms with Crippen molar-refractivity contribution in [1.82, 2.24) is 0 Å². The quantitative estimate of drug-likeness (QED) is 0.899. The Bertz CT molecular complexity index is 542. The van der Waals surface area contributed by atoms with Gasteiger partial charge in [-0.25, -0.2) is 0 Å². The molecular weight excluding hydrogens is 228 g/mol. The molecule has 3 nitrogen and oxygen atoms in total. The minimum atomic E-state index is -0.0706. The summed E-state index contributed by atoms with van der Waals surface area (Å²) in [6.45, 7) is 0.331. The van der Waals surface area contributed by atoms with Crippen LogP contribution in [-0.4, -0.2) is 5.11 Å². The largest absolute Gasteiger partial charge is 0.486 e. The minimum Gasteiger partial charge on any atom is -0.486 e. The van der Waals surface area contributed by atoms with Crippen LogP contribution in [0.4, 0.5) is 0 Å². The third kappa shape index (κ3) is 2.27. The molecule has 0 spiro atoms. The third-order valence-corrected chi connectivity index (χ3v) is 3.32. The van der Waals surface area contributed by atoms with Gasteiger partial charge in [0.15, 0.2) is 0 Å². The second-order valence-corrected chi connectivity index (χ2v) is 4.60. The van der Waals surface area contributed by atoms with Crippen LogP contribution < -0.4 is 4.74 Å². The standard InChI is InChI=1S/C15H16O3/c16-9-14-6-7-15(18-14)10-17-13-5-4-11-2-1-3-12(11)8-13/h4-8,16H,1-3,9-10H2. The van der Waals surface area contributed by atoms with Crippen molar-refractivity contribution < 1.29 is 14.3 Å². The molecule has 3 heteroatoms. The summed E-state index contributed by atoms with van der Waals surface area (Å²) >= 11 is 0. The van der Waals surface area contributed by atoms with Crippen molar-refractivity contribution in [3.8, 4) is 5.75 Å². The van der Waals surface area contributed by atoms with Gasteiger partial charge >= 0.3 is 0 Å². The molecule has 0 amide bonds. The van der Waals surface area contributed by atoms with Crippen molar-refractivity contribution in [2.45, 2.75) is 32.5 Å². The number of fused-ring (bicyclic) bond motifs is 1. The van der Waals surface area contributed by atoms with E-state index in [1.165, 1.54) is 24.0 Å². The van der Waals surface area contributed by atoms with Gasteiger partial charge in [-0.05, 0) is 54.7 Å². The molecule has 18 heavy (non-hydrogen) atoms. The molecular formula is C15H16O3. The minimum absolute atomic E-state index is 0.0706. The Morgan fingerprint density at radius 3 is 2.72 bits per heavy atom. The van der Waals surface area contributed by atoms with Gasteiger partial charge in [-0.15, -0.1) is 0 Å². The van der Waals surface area contributed by atoms with Gasteiger partial charge in [0.2, 0.25) is 0 Å². The van der Waals surface area contributed by atoms with Crippen LogP contribution in [0.5, 0.6) is 5.75 Å². The first-order chi connectivity index (χ1) is 8.85. The van der Waals surface area contributed by atoms with Crippen LogP contribution in [-0.2, 0) is 26.1 Å². The fourth-order valence-corrected chi connectivity index (χ4v) is 2.38. The molecule has 0 bridgehead atoms. The summed E-state index contributed by atoms with van der Waals surface area (Å²) in [5.74, 6) is 2.19. The van der Waals surface area contributed by atoms with Crippen LogP contribution >= 0.6 is 0 Å². The average molecular weight is 244 g/mol. The molecule has 0 radical (unpaired) electrons. The lowest BCUT2D eigenvalue weighted by Crippen LogP contribution is -1.94. The van der Waals surface area contributed by atoms with Gasteiger partial charge in [0, 0.05) is 0 Å². The van der Waals surface area contributed by atoms with Crippen LogP contribution in [0.15, 0.2) is 34.7 Å². The third-order valence-electron chi connectivity index (χ3n) is 3.32. The first-order valence-corrected chi connectivity index (χ1v) is 6.28. The maximum Gasteiger partial charge on any atom is 0.146 e. The fourth-order valence-electron chi connectivity index (χ4n) is 2.38. The first-order valence-electron chi connectivity index (χ1n) is 6.28. The maximum absolute atomic E-state index is 8.91. The zero-order valence-corrected chi connectivity index (χ0v) is 10.2. The van der Waals surface area contributed by atoms with E-state index >= 15 is 0 Å². The Morgan fingerprint density at radius 1 is 1.06 bits per heavy atom. The summed E-state index contributed by atoms with van der Waals surface area (Å²) in [5, 5.41) is 8.91. The molecule has 1 aliphatic carbocycles. The summed E-state index contributed by atoms with van der Waals surface area (Å²) in [5.41, 5.74) is 2.85. The molecule has 1 aromatic heterocycles. The molecule has 1 N–H and O–H groups in total. The van der Waals surface area contributed by atoms with Gasteiger partial charge in [0.1, 0.15) is 30.5 Å². The van der Waals surface area contributed by atoms with E-state index in [0.717, 1.165) is 17.9 Å². The van der Waals surface area contributed by atoms with Crippen molar-refractivity contribution in [3.63, 3.8) is 0 Å². The number of hydrogen-bond acceptors (Lipinski definition) is 3. The number of hydrogen-bond donors (Lipinski definition) is 1. The molecule has 1 heterocycles. The lowest BCUT2D eigenvalue weighted by molar-refractivity contribution is 0.224. The summed E-state index contributed by atoms with van der Waals surface area (Å²) in [6.07, 6.45) is 3.59. The van der Waals surface area contributed by atoms with E-state index in [0.29, 0.717) is 12.4 Å². The zero-order valence-electron chi connectivity index (χ0n) is 10.2. The summed E-state index contributed by atoms with van der Waals surface area (Å²) < 4.78 is 11.1. The molecule has 0 unspecified atom stereocenters. The Labute approximate surface area is 106 Å². The molecule has 1 aromatic carbocycles. The first kappa shape index (κ1) is 11.4. The highest BCUT2D eigenvalue weighted by molar-refractivity contribution is 5.38. The van der Waals surface area contributed by atoms with Crippen LogP contribution in [0.3, 0.4) is 0 Å². The number of aryl methyl sites for hydroxylation is 2. The Kier molecular flexibility index (Phi) is 3.07. The molecule has 94 valence electrons. The highest BCUT2D eigenvalue weighted by Gasteiger charge is 2.11. The van der Waals surface area contributed by atoms with Crippen LogP contribution in [0.25, 0.3) is 0 Å². The van der Waals surface area contributed by atoms with Crippen molar-refractivity contribution in [3.05, 3.63) is 53.0 Å². The Morgan fingerprint density at radius 2 is 1.89 bits per heavy atom. The summed E-state index contributed by atoms with van der Waals surface area (Å²) in [4.78, 5) is 0. The van der Waals surface area contributed by atoms with Crippen molar-refractivity contribution in [2.24, 2.45) is 0 Å². The smallest absolute Gasteiger partial charge is 0.146 e. The van der Waals surface area contributed by atoms with Gasteiger partial charge in [0.05, 0.1) is 0 Å². The van der Waals surface area contributed by atoms with E-state index < -0.39 is 0 Å². The highest BCUT2D eigenvalue weighted by Crippen LogP contribution is 2.26. The molecule has 0 saturated heterocycles. The van der Waals surface area contributed by atoms with E-state index in [1.54, 1.807) is 6.07 Å². The number of rotatable bonds is 4. The molecule has 0 fully saturated rings. The van der Waals surface area contributed by atoms with E-state index in [-0.39, 0.29) is 6.61 Å². The van der Waals surface area contributed by atoms with Crippen molar-refractivity contribution in [1.29, 1.82) is 0 Å². The van der Waals surface area contributed by atoms with Gasteiger partial charge in [0.25, 0.3) is 0 Å². The Hall–Kier alpha value is -1.74. The second kappa shape index (κ2) is 4.86. The van der Waals surface area contributed by atoms with Gasteiger partial charge in [-0.3, -0.25) is 0 Å². The monoisotopic (exact) mass is 244 g/mol. The Balaban J connectivity index is 1.66. The predicted molar refractivity (Wildman–Crippen MR) is 67.4 cm³/mol. The normalized spacial score (nSPS) is 13.6. The number of furan rings is 1. The lowest BCUT2D eigenvalue weighted by atomic mass is 10.1. The lowest BCUT2D eigenvalue weighted by Gasteiger charge is -2.06. The van der Waals surface area contributed by atoms with E-state index in [9.17, 15) is 0 Å². The molecule has 0 aliphatic heterocycles. The topological polar surface area (TPSA) is 42.6 Å². The molecule has 1 aliphatic rings. The van der Waals surface area contributed by atoms with Crippen molar-refractivity contribution >= 4 is 0 Å². The summed E-state index contributed by atoms with van der Waals surface area (Å²) in [7, 11) is 0. The maximum atomic E-state index is 8.91. The van der Waals surface area contributed by atoms with Crippen LogP contribution in [0.2, 0.25) is 0 Å². The van der Waals surface area contributed by atoms with E-state index in [4.69, 9.17) is 14.3 Å². The number of aliphatic hydroxyl groups is 1. The van der Waals surface area contributed by atoms with Crippen LogP contribution in [0, 0.1) is 0 Å².